The van der Waals surface area contributed by atoms with Gasteiger partial charge in [-0.15, -0.1) is 0 Å². The highest BCUT2D eigenvalue weighted by Crippen LogP contribution is 2.18. The molecule has 17 heavy (non-hydrogen) atoms. The van der Waals surface area contributed by atoms with Crippen molar-refractivity contribution in [1.82, 2.24) is 0 Å². The quantitative estimate of drug-likeness (QED) is 0.714. The summed E-state index contributed by atoms with van der Waals surface area (Å²) < 4.78 is 9.66. The van der Waals surface area contributed by atoms with Crippen molar-refractivity contribution >= 4 is 11.9 Å². The standard InChI is InChI=1S/C8H14O2.C5H8O2/c1-2-3-4-7-5-6-8(9)10-7;6-5-3-1-2-4-7-5/h7H,2-6H2,1H3;1-4H2. The molecule has 2 saturated heterocycles. The summed E-state index contributed by atoms with van der Waals surface area (Å²) in [5, 5.41) is 0. The van der Waals surface area contributed by atoms with Crippen LogP contribution in [0.25, 0.3) is 0 Å². The number of ether oxygens (including phenoxy) is 2. The van der Waals surface area contributed by atoms with E-state index >= 15 is 0 Å². The van der Waals surface area contributed by atoms with E-state index in [1.54, 1.807) is 0 Å². The summed E-state index contributed by atoms with van der Waals surface area (Å²) in [4.78, 5) is 20.8. The molecule has 4 heteroatoms. The van der Waals surface area contributed by atoms with Gasteiger partial charge in [0.2, 0.25) is 0 Å². The van der Waals surface area contributed by atoms with Crippen molar-refractivity contribution in [3.8, 4) is 0 Å². The summed E-state index contributed by atoms with van der Waals surface area (Å²) in [6.45, 7) is 2.79. The number of cyclic esters (lactones) is 2. The van der Waals surface area contributed by atoms with Gasteiger partial charge in [0.05, 0.1) is 6.61 Å². The van der Waals surface area contributed by atoms with E-state index in [0.29, 0.717) is 19.4 Å². The van der Waals surface area contributed by atoms with E-state index in [0.717, 1.165) is 25.7 Å². The predicted octanol–water partition coefficient (Wildman–Crippen LogP) is 2.60. The average Bonchev–Trinajstić information content (AvgIpc) is 2.74. The third-order valence-electron chi connectivity index (χ3n) is 2.89. The van der Waals surface area contributed by atoms with E-state index in [4.69, 9.17) is 4.74 Å². The second-order valence-electron chi connectivity index (χ2n) is 4.47. The number of hydrogen-bond donors (Lipinski definition) is 0. The molecule has 0 amide bonds. The van der Waals surface area contributed by atoms with Crippen molar-refractivity contribution in [2.24, 2.45) is 0 Å². The lowest BCUT2D eigenvalue weighted by molar-refractivity contribution is -0.146. The lowest BCUT2D eigenvalue weighted by Gasteiger charge is -2.08. The molecule has 2 rings (SSSR count). The number of carbonyl (C=O) groups is 2. The van der Waals surface area contributed by atoms with E-state index < -0.39 is 0 Å². The largest absolute Gasteiger partial charge is 0.466 e. The first-order valence-corrected chi connectivity index (χ1v) is 6.57. The van der Waals surface area contributed by atoms with Gasteiger partial charge in [-0.25, -0.2) is 0 Å². The molecular formula is C13H22O4. The third kappa shape index (κ3) is 6.29. The van der Waals surface area contributed by atoms with Crippen LogP contribution in [0.4, 0.5) is 0 Å². The lowest BCUT2D eigenvalue weighted by atomic mass is 10.1. The van der Waals surface area contributed by atoms with Crippen molar-refractivity contribution < 1.29 is 19.1 Å². The third-order valence-corrected chi connectivity index (χ3v) is 2.89. The van der Waals surface area contributed by atoms with Gasteiger partial charge in [0.25, 0.3) is 0 Å². The van der Waals surface area contributed by atoms with Crippen LogP contribution in [0.15, 0.2) is 0 Å². The van der Waals surface area contributed by atoms with Crippen LogP contribution in [0.5, 0.6) is 0 Å². The van der Waals surface area contributed by atoms with Crippen molar-refractivity contribution in [3.05, 3.63) is 0 Å². The molecule has 0 N–H and O–H groups in total. The maximum absolute atomic E-state index is 10.6. The fourth-order valence-corrected chi connectivity index (χ4v) is 1.85. The van der Waals surface area contributed by atoms with Crippen LogP contribution in [0, 0.1) is 0 Å². The number of unbranched alkanes of at least 4 members (excludes halogenated alkanes) is 1. The maximum Gasteiger partial charge on any atom is 0.306 e. The minimum atomic E-state index is -0.0359. The van der Waals surface area contributed by atoms with Crippen LogP contribution < -0.4 is 0 Å². The van der Waals surface area contributed by atoms with Crippen LogP contribution in [-0.2, 0) is 19.1 Å². The normalized spacial score (nSPS) is 23.5. The van der Waals surface area contributed by atoms with Gasteiger partial charge in [-0.05, 0) is 25.7 Å². The van der Waals surface area contributed by atoms with Gasteiger partial charge in [0, 0.05) is 12.8 Å². The Labute approximate surface area is 103 Å². The first-order chi connectivity index (χ1) is 8.22. The molecule has 0 saturated carbocycles. The molecule has 0 bridgehead atoms. The molecule has 2 aliphatic heterocycles. The highest BCUT2D eigenvalue weighted by Gasteiger charge is 2.21. The summed E-state index contributed by atoms with van der Waals surface area (Å²) >= 11 is 0. The highest BCUT2D eigenvalue weighted by atomic mass is 16.5. The summed E-state index contributed by atoms with van der Waals surface area (Å²) in [5.41, 5.74) is 0. The number of carbonyl (C=O) groups excluding carboxylic acids is 2. The summed E-state index contributed by atoms with van der Waals surface area (Å²) in [6, 6.07) is 0. The monoisotopic (exact) mass is 242 g/mol. The topological polar surface area (TPSA) is 52.6 Å². The SMILES string of the molecule is CCCCC1CCC(=O)O1.O=C1CCCCO1. The van der Waals surface area contributed by atoms with Crippen molar-refractivity contribution in [2.45, 2.75) is 64.4 Å². The van der Waals surface area contributed by atoms with Gasteiger partial charge in [-0.2, -0.15) is 0 Å². The Hall–Kier alpha value is -1.06. The number of rotatable bonds is 3. The number of esters is 2. The fraction of sp³-hybridized carbons (Fsp3) is 0.846. The molecule has 2 fully saturated rings. The summed E-state index contributed by atoms with van der Waals surface area (Å²) in [7, 11) is 0. The molecule has 0 aliphatic carbocycles. The molecule has 1 unspecified atom stereocenters. The Morgan fingerprint density at radius 3 is 2.41 bits per heavy atom. The molecule has 2 aliphatic rings. The van der Waals surface area contributed by atoms with Crippen LogP contribution in [0.1, 0.15) is 58.3 Å². The van der Waals surface area contributed by atoms with E-state index in [1.165, 1.54) is 12.8 Å². The van der Waals surface area contributed by atoms with Gasteiger partial charge in [-0.1, -0.05) is 19.8 Å². The van der Waals surface area contributed by atoms with Crippen molar-refractivity contribution in [1.29, 1.82) is 0 Å². The van der Waals surface area contributed by atoms with Gasteiger partial charge < -0.3 is 9.47 Å². The Kier molecular flexibility index (Phi) is 6.67. The minimum Gasteiger partial charge on any atom is -0.466 e. The Morgan fingerprint density at radius 1 is 1.18 bits per heavy atom. The molecule has 0 aromatic rings. The molecule has 1 atom stereocenters. The van der Waals surface area contributed by atoms with Crippen LogP contribution in [-0.4, -0.2) is 24.6 Å². The van der Waals surface area contributed by atoms with E-state index in [9.17, 15) is 9.59 Å². The number of hydrogen-bond acceptors (Lipinski definition) is 4. The Morgan fingerprint density at radius 2 is 2.00 bits per heavy atom. The molecule has 2 heterocycles. The smallest absolute Gasteiger partial charge is 0.306 e. The highest BCUT2D eigenvalue weighted by molar-refractivity contribution is 5.71. The van der Waals surface area contributed by atoms with Crippen LogP contribution in [0.3, 0.4) is 0 Å². The molecule has 0 aromatic heterocycles. The molecule has 0 spiro atoms. The summed E-state index contributed by atoms with van der Waals surface area (Å²) in [5.74, 6) is -0.0487. The molecule has 4 nitrogen and oxygen atoms in total. The first kappa shape index (κ1) is 14.0. The zero-order chi connectivity index (χ0) is 12.5. The molecule has 0 radical (unpaired) electrons. The Balaban J connectivity index is 0.000000181. The van der Waals surface area contributed by atoms with Gasteiger partial charge in [-0.3, -0.25) is 9.59 Å². The van der Waals surface area contributed by atoms with Gasteiger partial charge in [0.15, 0.2) is 0 Å². The fourth-order valence-electron chi connectivity index (χ4n) is 1.85. The molecule has 0 aromatic carbocycles. The second-order valence-corrected chi connectivity index (χ2v) is 4.47. The van der Waals surface area contributed by atoms with Gasteiger partial charge >= 0.3 is 11.9 Å². The Bertz CT molecular complexity index is 242. The molecule has 98 valence electrons. The zero-order valence-corrected chi connectivity index (χ0v) is 10.6. The van der Waals surface area contributed by atoms with Crippen molar-refractivity contribution in [2.75, 3.05) is 6.61 Å². The van der Waals surface area contributed by atoms with Crippen LogP contribution in [0.2, 0.25) is 0 Å². The maximum atomic E-state index is 10.6. The van der Waals surface area contributed by atoms with E-state index in [1.807, 2.05) is 0 Å². The first-order valence-electron chi connectivity index (χ1n) is 6.57. The summed E-state index contributed by atoms with van der Waals surface area (Å²) in [6.07, 6.45) is 7.93. The average molecular weight is 242 g/mol. The van der Waals surface area contributed by atoms with Crippen LogP contribution >= 0.6 is 0 Å². The van der Waals surface area contributed by atoms with Gasteiger partial charge in [0.1, 0.15) is 6.10 Å². The minimum absolute atomic E-state index is 0.0129. The zero-order valence-electron chi connectivity index (χ0n) is 10.6. The van der Waals surface area contributed by atoms with E-state index in [2.05, 4.69) is 11.7 Å². The predicted molar refractivity (Wildman–Crippen MR) is 63.4 cm³/mol. The lowest BCUT2D eigenvalue weighted by Crippen LogP contribution is -2.10. The molecular weight excluding hydrogens is 220 g/mol. The van der Waals surface area contributed by atoms with Crippen molar-refractivity contribution in [3.63, 3.8) is 0 Å². The van der Waals surface area contributed by atoms with E-state index in [-0.39, 0.29) is 18.0 Å². The second kappa shape index (κ2) is 8.09.